The maximum atomic E-state index is 5.32. The summed E-state index contributed by atoms with van der Waals surface area (Å²) in [6, 6.07) is 0. The second-order valence-corrected chi connectivity index (χ2v) is 1.98. The van der Waals surface area contributed by atoms with Crippen molar-refractivity contribution in [2.75, 3.05) is 6.54 Å². The molecule has 1 nitrogen and oxygen atoms in total. The van der Waals surface area contributed by atoms with Gasteiger partial charge in [0, 0.05) is 6.42 Å². The highest BCUT2D eigenvalue weighted by molar-refractivity contribution is 4.92. The fourth-order valence-electron chi connectivity index (χ4n) is 0.669. The van der Waals surface area contributed by atoms with Crippen LogP contribution in [0.3, 0.4) is 0 Å². The normalized spacial score (nSPS) is 12.0. The van der Waals surface area contributed by atoms with Gasteiger partial charge >= 0.3 is 0 Å². The van der Waals surface area contributed by atoms with Crippen LogP contribution in [0.15, 0.2) is 12.7 Å². The van der Waals surface area contributed by atoms with Crippen molar-refractivity contribution in [3.05, 3.63) is 12.7 Å². The van der Waals surface area contributed by atoms with Crippen LogP contribution in [0.4, 0.5) is 0 Å². The summed E-state index contributed by atoms with van der Waals surface area (Å²) in [6.45, 7) is 4.34. The van der Waals surface area contributed by atoms with E-state index in [1.165, 1.54) is 0 Å². The molecule has 1 unspecified atom stereocenters. The van der Waals surface area contributed by atoms with Crippen molar-refractivity contribution >= 4 is 0 Å². The zero-order valence-electron chi connectivity index (χ0n) is 5.64. The Morgan fingerprint density at radius 1 is 1.78 bits per heavy atom. The fourth-order valence-corrected chi connectivity index (χ4v) is 0.669. The molecule has 0 heterocycles. The van der Waals surface area contributed by atoms with Crippen LogP contribution in [-0.4, -0.2) is 6.54 Å². The molecule has 0 rings (SSSR count). The van der Waals surface area contributed by atoms with Crippen LogP contribution in [0.5, 0.6) is 0 Å². The number of nitrogens with two attached hydrogens (primary N) is 1. The predicted octanol–water partition coefficient (Wildman–Crippen LogP) is 1.16. The van der Waals surface area contributed by atoms with E-state index in [1.54, 1.807) is 0 Å². The van der Waals surface area contributed by atoms with Gasteiger partial charge in [-0.1, -0.05) is 6.08 Å². The zero-order chi connectivity index (χ0) is 7.11. The summed E-state index contributed by atoms with van der Waals surface area (Å²) in [5, 5.41) is 0. The molecule has 9 heavy (non-hydrogen) atoms. The molecule has 0 bridgehead atoms. The zero-order valence-corrected chi connectivity index (χ0v) is 5.64. The van der Waals surface area contributed by atoms with Crippen molar-refractivity contribution in [2.45, 2.75) is 12.8 Å². The second kappa shape index (κ2) is 5.40. The highest BCUT2D eigenvalue weighted by Crippen LogP contribution is 2.06. The number of hydrogen-bond acceptors (Lipinski definition) is 1. The van der Waals surface area contributed by atoms with Crippen molar-refractivity contribution in [1.29, 1.82) is 0 Å². The van der Waals surface area contributed by atoms with E-state index in [0.717, 1.165) is 12.8 Å². The lowest BCUT2D eigenvalue weighted by atomic mass is 10.0. The highest BCUT2D eigenvalue weighted by Gasteiger charge is 1.98. The number of rotatable bonds is 4. The first-order valence-corrected chi connectivity index (χ1v) is 3.11. The smallest absolute Gasteiger partial charge is 0.0149 e. The maximum Gasteiger partial charge on any atom is 0.0149 e. The van der Waals surface area contributed by atoms with E-state index < -0.39 is 0 Å². The Labute approximate surface area is 56.9 Å². The molecule has 0 fully saturated rings. The van der Waals surface area contributed by atoms with Gasteiger partial charge in [-0.05, 0) is 18.9 Å². The van der Waals surface area contributed by atoms with Crippen LogP contribution in [0.2, 0.25) is 0 Å². The van der Waals surface area contributed by atoms with Gasteiger partial charge < -0.3 is 5.73 Å². The lowest BCUT2D eigenvalue weighted by molar-refractivity contribution is 0.618. The molecular formula is C8H13N. The predicted molar refractivity (Wildman–Crippen MR) is 40.8 cm³/mol. The van der Waals surface area contributed by atoms with Crippen LogP contribution < -0.4 is 5.73 Å². The molecule has 1 atom stereocenters. The quantitative estimate of drug-likeness (QED) is 0.440. The van der Waals surface area contributed by atoms with Gasteiger partial charge in [-0.25, -0.2) is 0 Å². The molecule has 50 valence electrons. The van der Waals surface area contributed by atoms with Gasteiger partial charge in [0.2, 0.25) is 0 Å². The van der Waals surface area contributed by atoms with E-state index in [0.29, 0.717) is 12.5 Å². The van der Waals surface area contributed by atoms with Gasteiger partial charge in [0.15, 0.2) is 0 Å². The Morgan fingerprint density at radius 3 is 2.78 bits per heavy atom. The van der Waals surface area contributed by atoms with Crippen molar-refractivity contribution in [2.24, 2.45) is 11.7 Å². The summed E-state index contributed by atoms with van der Waals surface area (Å²) < 4.78 is 0. The van der Waals surface area contributed by atoms with Gasteiger partial charge in [-0.2, -0.15) is 0 Å². The Hall–Kier alpha value is -0.740. The number of hydrogen-bond donors (Lipinski definition) is 1. The minimum Gasteiger partial charge on any atom is -0.330 e. The minimum atomic E-state index is 0.417. The van der Waals surface area contributed by atoms with Gasteiger partial charge in [0.1, 0.15) is 0 Å². The SMILES string of the molecule is C#CCC(C=C)CCN. The third kappa shape index (κ3) is 3.81. The largest absolute Gasteiger partial charge is 0.330 e. The average molecular weight is 123 g/mol. The third-order valence-electron chi connectivity index (χ3n) is 1.25. The molecule has 0 amide bonds. The van der Waals surface area contributed by atoms with Crippen LogP contribution >= 0.6 is 0 Å². The molecule has 0 aliphatic carbocycles. The van der Waals surface area contributed by atoms with Crippen LogP contribution in [0.25, 0.3) is 0 Å². The molecule has 0 aromatic rings. The van der Waals surface area contributed by atoms with E-state index in [2.05, 4.69) is 12.5 Å². The summed E-state index contributed by atoms with van der Waals surface area (Å²) in [5.74, 6) is 2.99. The molecule has 2 N–H and O–H groups in total. The number of terminal acetylenes is 1. The van der Waals surface area contributed by atoms with Gasteiger partial charge in [0.25, 0.3) is 0 Å². The van der Waals surface area contributed by atoms with Crippen molar-refractivity contribution in [1.82, 2.24) is 0 Å². The van der Waals surface area contributed by atoms with Gasteiger partial charge in [-0.15, -0.1) is 18.9 Å². The summed E-state index contributed by atoms with van der Waals surface area (Å²) in [7, 11) is 0. The highest BCUT2D eigenvalue weighted by atomic mass is 14.5. The molecule has 0 aromatic carbocycles. The Bertz CT molecular complexity index is 110. The van der Waals surface area contributed by atoms with Gasteiger partial charge in [-0.3, -0.25) is 0 Å². The first-order chi connectivity index (χ1) is 4.35. The maximum absolute atomic E-state index is 5.32. The molecule has 0 aliphatic rings. The summed E-state index contributed by atoms with van der Waals surface area (Å²) in [6.07, 6.45) is 8.68. The Morgan fingerprint density at radius 2 is 2.44 bits per heavy atom. The second-order valence-electron chi connectivity index (χ2n) is 1.98. The van der Waals surface area contributed by atoms with E-state index in [4.69, 9.17) is 12.2 Å². The number of allylic oxidation sites excluding steroid dienone is 1. The molecule has 0 aromatic heterocycles. The molecular weight excluding hydrogens is 110 g/mol. The van der Waals surface area contributed by atoms with Crippen LogP contribution in [-0.2, 0) is 0 Å². The van der Waals surface area contributed by atoms with Crippen LogP contribution in [0, 0.1) is 18.3 Å². The summed E-state index contributed by atoms with van der Waals surface area (Å²) in [5.41, 5.74) is 5.32. The average Bonchev–Trinajstić information content (AvgIpc) is 1.88. The van der Waals surface area contributed by atoms with E-state index in [1.807, 2.05) is 6.08 Å². The molecule has 0 spiro atoms. The Kier molecular flexibility index (Phi) is 4.95. The minimum absolute atomic E-state index is 0.417. The lowest BCUT2D eigenvalue weighted by Gasteiger charge is -2.04. The standard InChI is InChI=1S/C8H13N/c1-3-5-8(4-2)6-7-9/h1,4,8H,2,5-7,9H2. The van der Waals surface area contributed by atoms with E-state index >= 15 is 0 Å². The first-order valence-electron chi connectivity index (χ1n) is 3.11. The third-order valence-corrected chi connectivity index (χ3v) is 1.25. The van der Waals surface area contributed by atoms with Crippen molar-refractivity contribution in [3.8, 4) is 12.3 Å². The van der Waals surface area contributed by atoms with E-state index in [9.17, 15) is 0 Å². The van der Waals surface area contributed by atoms with Crippen molar-refractivity contribution < 1.29 is 0 Å². The topological polar surface area (TPSA) is 26.0 Å². The fraction of sp³-hybridized carbons (Fsp3) is 0.500. The molecule has 1 heteroatoms. The molecule has 0 saturated carbocycles. The van der Waals surface area contributed by atoms with E-state index in [-0.39, 0.29) is 0 Å². The van der Waals surface area contributed by atoms with Gasteiger partial charge in [0.05, 0.1) is 0 Å². The molecule has 0 saturated heterocycles. The monoisotopic (exact) mass is 123 g/mol. The first kappa shape index (κ1) is 8.26. The van der Waals surface area contributed by atoms with Crippen LogP contribution in [0.1, 0.15) is 12.8 Å². The lowest BCUT2D eigenvalue weighted by Crippen LogP contribution is -2.05. The summed E-state index contributed by atoms with van der Waals surface area (Å²) >= 11 is 0. The molecule has 0 aliphatic heterocycles. The summed E-state index contributed by atoms with van der Waals surface area (Å²) in [4.78, 5) is 0. The van der Waals surface area contributed by atoms with Crippen molar-refractivity contribution in [3.63, 3.8) is 0 Å². The molecule has 0 radical (unpaired) electrons. The Balaban J connectivity index is 3.44.